The van der Waals surface area contributed by atoms with Gasteiger partial charge in [0.25, 0.3) is 0 Å². The Morgan fingerprint density at radius 3 is 2.75 bits per heavy atom. The summed E-state index contributed by atoms with van der Waals surface area (Å²) in [6.45, 7) is 1.63. The SMILES string of the molecule is O=C(Nc1cccc(-c2ccc(F)cc2)c1)[C@H]1CCCN1Cc1cccnc1. The van der Waals surface area contributed by atoms with E-state index in [0.29, 0.717) is 0 Å². The monoisotopic (exact) mass is 375 g/mol. The van der Waals surface area contributed by atoms with Gasteiger partial charge in [0.15, 0.2) is 0 Å². The molecule has 0 saturated carbocycles. The van der Waals surface area contributed by atoms with Crippen molar-refractivity contribution in [3.05, 3.63) is 84.4 Å². The van der Waals surface area contributed by atoms with Gasteiger partial charge in [-0.05, 0) is 66.4 Å². The molecule has 1 atom stereocenters. The van der Waals surface area contributed by atoms with Gasteiger partial charge in [-0.1, -0.05) is 30.3 Å². The van der Waals surface area contributed by atoms with Crippen molar-refractivity contribution in [3.63, 3.8) is 0 Å². The Hall–Kier alpha value is -3.05. The third-order valence-electron chi connectivity index (χ3n) is 5.08. The van der Waals surface area contributed by atoms with Crippen LogP contribution in [-0.4, -0.2) is 28.4 Å². The highest BCUT2D eigenvalue weighted by Crippen LogP contribution is 2.25. The quantitative estimate of drug-likeness (QED) is 0.715. The Morgan fingerprint density at radius 2 is 1.96 bits per heavy atom. The number of nitrogens with zero attached hydrogens (tertiary/aromatic N) is 2. The molecule has 4 nitrogen and oxygen atoms in total. The summed E-state index contributed by atoms with van der Waals surface area (Å²) in [6, 6.07) is 17.8. The van der Waals surface area contributed by atoms with E-state index in [2.05, 4.69) is 15.2 Å². The normalized spacial score (nSPS) is 16.8. The maximum Gasteiger partial charge on any atom is 0.241 e. The van der Waals surface area contributed by atoms with Crippen LogP contribution in [0.15, 0.2) is 73.1 Å². The fourth-order valence-corrected chi connectivity index (χ4v) is 3.68. The first kappa shape index (κ1) is 18.3. The van der Waals surface area contributed by atoms with Crippen LogP contribution in [0.5, 0.6) is 0 Å². The van der Waals surface area contributed by atoms with Gasteiger partial charge in [0, 0.05) is 24.6 Å². The average molecular weight is 375 g/mol. The van der Waals surface area contributed by atoms with E-state index < -0.39 is 0 Å². The molecule has 0 unspecified atom stereocenters. The van der Waals surface area contributed by atoms with E-state index >= 15 is 0 Å². The Balaban J connectivity index is 1.45. The lowest BCUT2D eigenvalue weighted by molar-refractivity contribution is -0.120. The largest absolute Gasteiger partial charge is 0.325 e. The molecule has 28 heavy (non-hydrogen) atoms. The van der Waals surface area contributed by atoms with Gasteiger partial charge >= 0.3 is 0 Å². The molecule has 142 valence electrons. The van der Waals surface area contributed by atoms with E-state index in [1.807, 2.05) is 42.6 Å². The maximum atomic E-state index is 13.2. The molecule has 0 aliphatic carbocycles. The second-order valence-corrected chi connectivity index (χ2v) is 7.07. The minimum absolute atomic E-state index is 0.0117. The summed E-state index contributed by atoms with van der Waals surface area (Å²) in [5.41, 5.74) is 3.72. The number of rotatable bonds is 5. The van der Waals surface area contributed by atoms with Crippen molar-refractivity contribution < 1.29 is 9.18 Å². The zero-order valence-electron chi connectivity index (χ0n) is 15.5. The summed E-state index contributed by atoms with van der Waals surface area (Å²) in [4.78, 5) is 19.3. The lowest BCUT2D eigenvalue weighted by Gasteiger charge is -2.23. The standard InChI is InChI=1S/C23H22FN3O/c24-20-10-8-18(9-11-20)19-5-1-6-21(14-19)26-23(28)22-7-3-13-27(22)16-17-4-2-12-25-15-17/h1-2,4-6,8-12,14-15,22H,3,7,13,16H2,(H,26,28)/t22-/m1/s1. The van der Waals surface area contributed by atoms with Crippen LogP contribution in [0.3, 0.4) is 0 Å². The van der Waals surface area contributed by atoms with Crippen LogP contribution in [-0.2, 0) is 11.3 Å². The molecule has 1 amide bonds. The number of hydrogen-bond acceptors (Lipinski definition) is 3. The Labute approximate surface area is 164 Å². The summed E-state index contributed by atoms with van der Waals surface area (Å²) in [7, 11) is 0. The fourth-order valence-electron chi connectivity index (χ4n) is 3.68. The van der Waals surface area contributed by atoms with Crippen molar-refractivity contribution in [2.45, 2.75) is 25.4 Å². The summed E-state index contributed by atoms with van der Waals surface area (Å²) in [5, 5.41) is 3.05. The first-order chi connectivity index (χ1) is 13.7. The molecule has 1 fully saturated rings. The number of nitrogens with one attached hydrogen (secondary N) is 1. The second-order valence-electron chi connectivity index (χ2n) is 7.07. The van der Waals surface area contributed by atoms with Crippen LogP contribution in [0.1, 0.15) is 18.4 Å². The maximum absolute atomic E-state index is 13.2. The van der Waals surface area contributed by atoms with Gasteiger partial charge in [-0.3, -0.25) is 14.7 Å². The highest BCUT2D eigenvalue weighted by molar-refractivity contribution is 5.95. The van der Waals surface area contributed by atoms with Crippen LogP contribution >= 0.6 is 0 Å². The minimum atomic E-state index is -0.261. The van der Waals surface area contributed by atoms with Gasteiger partial charge in [0.05, 0.1) is 6.04 Å². The van der Waals surface area contributed by atoms with Crippen molar-refractivity contribution in [2.75, 3.05) is 11.9 Å². The fraction of sp³-hybridized carbons (Fsp3) is 0.217. The van der Waals surface area contributed by atoms with E-state index in [-0.39, 0.29) is 17.8 Å². The average Bonchev–Trinajstić information content (AvgIpc) is 3.18. The van der Waals surface area contributed by atoms with Crippen LogP contribution in [0.2, 0.25) is 0 Å². The highest BCUT2D eigenvalue weighted by atomic mass is 19.1. The van der Waals surface area contributed by atoms with Gasteiger partial charge in [0.2, 0.25) is 5.91 Å². The number of aromatic nitrogens is 1. The van der Waals surface area contributed by atoms with Crippen LogP contribution < -0.4 is 5.32 Å². The molecule has 0 bridgehead atoms. The molecule has 2 aromatic carbocycles. The van der Waals surface area contributed by atoms with Crippen LogP contribution in [0, 0.1) is 5.82 Å². The molecular formula is C23H22FN3O. The smallest absolute Gasteiger partial charge is 0.241 e. The predicted molar refractivity (Wildman–Crippen MR) is 108 cm³/mol. The molecule has 0 spiro atoms. The van der Waals surface area contributed by atoms with Crippen molar-refractivity contribution in [3.8, 4) is 11.1 Å². The van der Waals surface area contributed by atoms with E-state index in [4.69, 9.17) is 0 Å². The zero-order chi connectivity index (χ0) is 19.3. The molecule has 4 rings (SSSR count). The van der Waals surface area contributed by atoms with Crippen molar-refractivity contribution in [1.29, 1.82) is 0 Å². The summed E-state index contributed by atoms with van der Waals surface area (Å²) >= 11 is 0. The third kappa shape index (κ3) is 4.26. The molecule has 1 saturated heterocycles. The molecule has 1 aliphatic heterocycles. The number of carbonyl (C=O) groups is 1. The molecule has 0 radical (unpaired) electrons. The molecule has 1 aliphatic rings. The van der Waals surface area contributed by atoms with Crippen LogP contribution in [0.4, 0.5) is 10.1 Å². The molecular weight excluding hydrogens is 353 g/mol. The van der Waals surface area contributed by atoms with Gasteiger partial charge in [0.1, 0.15) is 5.82 Å². The summed E-state index contributed by atoms with van der Waals surface area (Å²) in [5.74, 6) is -0.249. The number of anilines is 1. The van der Waals surface area contributed by atoms with Gasteiger partial charge in [-0.25, -0.2) is 4.39 Å². The first-order valence-electron chi connectivity index (χ1n) is 9.49. The Bertz CT molecular complexity index is 944. The number of pyridine rings is 1. The van der Waals surface area contributed by atoms with Crippen molar-refractivity contribution in [1.82, 2.24) is 9.88 Å². The molecule has 3 aromatic rings. The number of carbonyl (C=O) groups excluding carboxylic acids is 1. The van der Waals surface area contributed by atoms with Crippen molar-refractivity contribution >= 4 is 11.6 Å². The highest BCUT2D eigenvalue weighted by Gasteiger charge is 2.30. The lowest BCUT2D eigenvalue weighted by atomic mass is 10.0. The van der Waals surface area contributed by atoms with Crippen molar-refractivity contribution in [2.24, 2.45) is 0 Å². The molecule has 1 N–H and O–H groups in total. The topological polar surface area (TPSA) is 45.2 Å². The number of likely N-dealkylation sites (tertiary alicyclic amines) is 1. The van der Waals surface area contributed by atoms with Crippen LogP contribution in [0.25, 0.3) is 11.1 Å². The molecule has 5 heteroatoms. The van der Waals surface area contributed by atoms with E-state index in [1.54, 1.807) is 18.3 Å². The summed E-state index contributed by atoms with van der Waals surface area (Å²) in [6.07, 6.45) is 5.46. The number of amides is 1. The number of hydrogen-bond donors (Lipinski definition) is 1. The Kier molecular flexibility index (Phi) is 5.44. The number of halogens is 1. The summed E-state index contributed by atoms with van der Waals surface area (Å²) < 4.78 is 13.2. The van der Waals surface area contributed by atoms with Gasteiger partial charge in [-0.2, -0.15) is 0 Å². The van der Waals surface area contributed by atoms with Gasteiger partial charge < -0.3 is 5.32 Å². The Morgan fingerprint density at radius 1 is 1.11 bits per heavy atom. The van der Waals surface area contributed by atoms with E-state index in [1.165, 1.54) is 12.1 Å². The predicted octanol–water partition coefficient (Wildman–Crippen LogP) is 4.49. The zero-order valence-corrected chi connectivity index (χ0v) is 15.5. The first-order valence-corrected chi connectivity index (χ1v) is 9.49. The minimum Gasteiger partial charge on any atom is -0.325 e. The third-order valence-corrected chi connectivity index (χ3v) is 5.08. The molecule has 2 heterocycles. The lowest BCUT2D eigenvalue weighted by Crippen LogP contribution is -2.39. The van der Waals surface area contributed by atoms with E-state index in [9.17, 15) is 9.18 Å². The van der Waals surface area contributed by atoms with Gasteiger partial charge in [-0.15, -0.1) is 0 Å². The second kappa shape index (κ2) is 8.31. The van der Waals surface area contributed by atoms with E-state index in [0.717, 1.165) is 48.3 Å². The molecule has 1 aromatic heterocycles. The number of benzene rings is 2.